The van der Waals surface area contributed by atoms with Gasteiger partial charge >= 0.3 is 59.6 Å². The zero-order valence-corrected chi connectivity index (χ0v) is 9.95. The minimum Gasteiger partial charge on any atom is -1.00 e. The summed E-state index contributed by atoms with van der Waals surface area (Å²) in [6.07, 6.45) is 5.08. The van der Waals surface area contributed by atoms with Crippen molar-refractivity contribution in [1.82, 2.24) is 9.97 Å². The Bertz CT molecular complexity index is 142. The topological polar surface area (TPSA) is 118 Å². The minimum atomic E-state index is -2.87. The number of rotatable bonds is 0. The summed E-state index contributed by atoms with van der Waals surface area (Å²) in [7, 11) is -2.87. The van der Waals surface area contributed by atoms with E-state index in [2.05, 4.69) is 9.97 Å². The van der Waals surface area contributed by atoms with Crippen molar-refractivity contribution >= 4 is 8.25 Å². The molecule has 1 heterocycles. The molecule has 0 atom stereocenters. The second-order valence-corrected chi connectivity index (χ2v) is 1.52. The van der Waals surface area contributed by atoms with Gasteiger partial charge in [-0.2, -0.15) is 0 Å². The van der Waals surface area contributed by atoms with Crippen molar-refractivity contribution in [2.45, 2.75) is 0 Å². The third kappa shape index (κ3) is 24.8. The second kappa shape index (κ2) is 13.4. The predicted molar refractivity (Wildman–Crippen MR) is 35.4 cm³/mol. The number of aromatic nitrogens is 2. The Hall–Kier alpha value is 0.826. The standard InChI is InChI=1S/C3H4N2.K.HO3P.H2O.H/c1-2-5-3-4-1;;1-4(2)3;;/h1-3H,(H,4,5);;(H-,1,2,3);1H2;/q;+1;;;-1/p+1. The molecule has 0 aliphatic rings. The summed E-state index contributed by atoms with van der Waals surface area (Å²) in [5.74, 6) is 0. The van der Waals surface area contributed by atoms with Gasteiger partial charge in [0, 0.05) is 17.0 Å². The largest absolute Gasteiger partial charge is 1.00 e. The van der Waals surface area contributed by atoms with Gasteiger partial charge in [0.1, 0.15) is 0 Å². The van der Waals surface area contributed by atoms with Gasteiger partial charge in [-0.25, -0.2) is 4.98 Å². The molecular weight excluding hydrogens is 198 g/mol. The molecule has 1 rings (SSSR count). The predicted octanol–water partition coefficient (Wildman–Crippen LogP) is -3.67. The van der Waals surface area contributed by atoms with Gasteiger partial charge in [0.2, 0.25) is 0 Å². The molecule has 0 bridgehead atoms. The zero-order chi connectivity index (χ0) is 7.11. The van der Waals surface area contributed by atoms with Crippen LogP contribution in [0.5, 0.6) is 0 Å². The molecule has 0 spiro atoms. The van der Waals surface area contributed by atoms with Gasteiger partial charge in [0.05, 0.1) is 6.33 Å². The van der Waals surface area contributed by atoms with Gasteiger partial charge in [-0.3, -0.25) is 0 Å². The van der Waals surface area contributed by atoms with Crippen molar-refractivity contribution in [3.63, 3.8) is 0 Å². The molecule has 60 valence electrons. The maximum atomic E-state index is 8.70. The van der Waals surface area contributed by atoms with Gasteiger partial charge in [-0.05, 0) is 0 Å². The third-order valence-electron chi connectivity index (χ3n) is 0.406. The molecule has 0 aromatic carbocycles. The summed E-state index contributed by atoms with van der Waals surface area (Å²) in [6, 6.07) is 0. The van der Waals surface area contributed by atoms with Crippen molar-refractivity contribution < 1.29 is 72.6 Å². The van der Waals surface area contributed by atoms with Crippen LogP contribution in [-0.4, -0.2) is 25.2 Å². The van der Waals surface area contributed by atoms with Crippen molar-refractivity contribution in [3.8, 4) is 0 Å². The summed E-state index contributed by atoms with van der Waals surface area (Å²) in [6.45, 7) is 0. The number of hydrogen-bond acceptors (Lipinski definition) is 2. The molecule has 0 saturated heterocycles. The number of H-pyrrole nitrogens is 1. The van der Waals surface area contributed by atoms with Crippen LogP contribution in [0.1, 0.15) is 1.43 Å². The van der Waals surface area contributed by atoms with E-state index < -0.39 is 8.25 Å². The summed E-state index contributed by atoms with van der Waals surface area (Å²) in [5.41, 5.74) is 0. The number of hydrogen-bond donors (Lipinski definition) is 3. The van der Waals surface area contributed by atoms with E-state index >= 15 is 0 Å². The van der Waals surface area contributed by atoms with Crippen LogP contribution in [0.3, 0.4) is 0 Å². The fourth-order valence-electron chi connectivity index (χ4n) is 0.215. The Balaban J connectivity index is -0.0000000436. The summed E-state index contributed by atoms with van der Waals surface area (Å²) < 4.78 is 8.70. The maximum absolute atomic E-state index is 8.70. The summed E-state index contributed by atoms with van der Waals surface area (Å²) in [4.78, 5) is 20.7. The van der Waals surface area contributed by atoms with E-state index in [1.807, 2.05) is 0 Å². The molecule has 0 aliphatic carbocycles. The SMILES string of the molecule is O.O=[P+](O)O.[H-].[K+].c1c[nH]cn1. The molecule has 8 heteroatoms. The van der Waals surface area contributed by atoms with Crippen LogP contribution >= 0.6 is 8.25 Å². The average molecular weight is 207 g/mol. The van der Waals surface area contributed by atoms with E-state index in [1.165, 1.54) is 0 Å². The monoisotopic (exact) mass is 207 g/mol. The molecule has 11 heavy (non-hydrogen) atoms. The van der Waals surface area contributed by atoms with Crippen LogP contribution < -0.4 is 51.4 Å². The summed E-state index contributed by atoms with van der Waals surface area (Å²) in [5, 5.41) is 0. The number of imidazole rings is 1. The van der Waals surface area contributed by atoms with E-state index in [1.54, 1.807) is 18.7 Å². The van der Waals surface area contributed by atoms with Crippen molar-refractivity contribution in [3.05, 3.63) is 18.7 Å². The Labute approximate surface area is 108 Å². The molecule has 1 aromatic rings. The maximum Gasteiger partial charge on any atom is 1.00 e. The molecule has 0 amide bonds. The number of nitrogens with zero attached hydrogens (tertiary/aromatic N) is 1. The zero-order valence-electron chi connectivity index (χ0n) is 6.93. The molecule has 0 fully saturated rings. The first-order valence-electron chi connectivity index (χ1n) is 2.01. The van der Waals surface area contributed by atoms with Crippen LogP contribution in [0.2, 0.25) is 0 Å². The van der Waals surface area contributed by atoms with Gasteiger partial charge < -0.3 is 11.9 Å². The molecule has 1 aromatic heterocycles. The van der Waals surface area contributed by atoms with E-state index in [-0.39, 0.29) is 58.3 Å². The van der Waals surface area contributed by atoms with Crippen molar-refractivity contribution in [1.29, 1.82) is 0 Å². The Morgan fingerprint density at radius 3 is 2.09 bits per heavy atom. The molecule has 6 nitrogen and oxygen atoms in total. The van der Waals surface area contributed by atoms with E-state index in [0.29, 0.717) is 0 Å². The molecule has 0 unspecified atom stereocenters. The first-order valence-corrected chi connectivity index (χ1v) is 3.17. The minimum absolute atomic E-state index is 0. The Kier molecular flexibility index (Phi) is 21.7. The number of aromatic amines is 1. The fourth-order valence-corrected chi connectivity index (χ4v) is 0.215. The smallest absolute Gasteiger partial charge is 1.00 e. The molecule has 0 aliphatic heterocycles. The average Bonchev–Trinajstić information content (AvgIpc) is 2.11. The fraction of sp³-hybridized carbons (Fsp3) is 0. The van der Waals surface area contributed by atoms with Crippen LogP contribution in [-0.2, 0) is 4.57 Å². The third-order valence-corrected chi connectivity index (χ3v) is 0.406. The van der Waals surface area contributed by atoms with Gasteiger partial charge in [0.25, 0.3) is 0 Å². The normalized spacial score (nSPS) is 6.00. The van der Waals surface area contributed by atoms with Crippen LogP contribution in [0, 0.1) is 0 Å². The second-order valence-electron chi connectivity index (χ2n) is 1.01. The Morgan fingerprint density at radius 1 is 1.55 bits per heavy atom. The first-order chi connectivity index (χ1) is 4.23. The van der Waals surface area contributed by atoms with Gasteiger partial charge in [0.15, 0.2) is 0 Å². The first kappa shape index (κ1) is 17.8. The number of nitrogens with one attached hydrogen (secondary N) is 1. The molecule has 0 radical (unpaired) electrons. The quantitative estimate of drug-likeness (QED) is 0.300. The Morgan fingerprint density at radius 2 is 2.00 bits per heavy atom. The molecular formula is C3H9KN2O4P+. The van der Waals surface area contributed by atoms with Crippen LogP contribution in [0.15, 0.2) is 18.7 Å². The van der Waals surface area contributed by atoms with Crippen LogP contribution in [0.4, 0.5) is 0 Å². The molecule has 5 N–H and O–H groups in total. The van der Waals surface area contributed by atoms with Crippen molar-refractivity contribution in [2.24, 2.45) is 0 Å². The van der Waals surface area contributed by atoms with E-state index in [4.69, 9.17) is 14.4 Å². The van der Waals surface area contributed by atoms with Crippen LogP contribution in [0.25, 0.3) is 0 Å². The van der Waals surface area contributed by atoms with Crippen molar-refractivity contribution in [2.75, 3.05) is 0 Å². The molecule has 0 saturated carbocycles. The summed E-state index contributed by atoms with van der Waals surface area (Å²) >= 11 is 0. The van der Waals surface area contributed by atoms with Gasteiger partial charge in [-0.1, -0.05) is 0 Å². The van der Waals surface area contributed by atoms with E-state index in [0.717, 1.165) is 0 Å². The van der Waals surface area contributed by atoms with Gasteiger partial charge in [-0.15, -0.1) is 9.79 Å². The van der Waals surface area contributed by atoms with E-state index in [9.17, 15) is 0 Å².